The molecule has 0 saturated carbocycles. The lowest BCUT2D eigenvalue weighted by Gasteiger charge is -2.32. The maximum atomic E-state index is 12.3. The number of fused-ring (bicyclic) bond motifs is 1. The molecule has 3 heterocycles. The Balaban J connectivity index is 0.00000140. The first-order valence-corrected chi connectivity index (χ1v) is 9.84. The van der Waals surface area contributed by atoms with Crippen LogP contribution < -0.4 is 5.32 Å². The molecule has 9 heteroatoms. The SMILES string of the molecule is Cl.Cl.O=C(CCN1CCC(c2nc3cc(Cl)ccc3o2)CC1)N1CCNCC1. The van der Waals surface area contributed by atoms with Crippen molar-refractivity contribution in [1.82, 2.24) is 20.1 Å². The van der Waals surface area contributed by atoms with E-state index in [1.165, 1.54) is 0 Å². The summed E-state index contributed by atoms with van der Waals surface area (Å²) in [6, 6.07) is 5.56. The van der Waals surface area contributed by atoms with Crippen LogP contribution in [-0.4, -0.2) is 66.5 Å². The van der Waals surface area contributed by atoms with Gasteiger partial charge in [-0.25, -0.2) is 4.98 Å². The van der Waals surface area contributed by atoms with Crippen molar-refractivity contribution in [2.45, 2.75) is 25.2 Å². The predicted molar refractivity (Wildman–Crippen MR) is 116 cm³/mol. The van der Waals surface area contributed by atoms with E-state index in [0.717, 1.165) is 75.6 Å². The van der Waals surface area contributed by atoms with Crippen LogP contribution in [0.15, 0.2) is 22.6 Å². The Bertz CT molecular complexity index is 772. The molecule has 2 aliphatic rings. The van der Waals surface area contributed by atoms with E-state index >= 15 is 0 Å². The summed E-state index contributed by atoms with van der Waals surface area (Å²) in [6.45, 7) is 6.31. The van der Waals surface area contributed by atoms with Gasteiger partial charge in [0, 0.05) is 50.1 Å². The Morgan fingerprint density at radius 3 is 2.61 bits per heavy atom. The van der Waals surface area contributed by atoms with Crippen LogP contribution in [0.2, 0.25) is 5.02 Å². The van der Waals surface area contributed by atoms with E-state index in [4.69, 9.17) is 16.0 Å². The van der Waals surface area contributed by atoms with E-state index in [1.54, 1.807) is 0 Å². The van der Waals surface area contributed by atoms with Crippen LogP contribution in [0.3, 0.4) is 0 Å². The third-order valence-electron chi connectivity index (χ3n) is 5.41. The molecule has 0 radical (unpaired) electrons. The number of hydrogen-bond donors (Lipinski definition) is 1. The number of piperidine rings is 1. The number of carbonyl (C=O) groups is 1. The summed E-state index contributed by atoms with van der Waals surface area (Å²) >= 11 is 6.03. The number of aromatic nitrogens is 1. The van der Waals surface area contributed by atoms with Crippen LogP contribution in [0.5, 0.6) is 0 Å². The molecular formula is C19H27Cl3N4O2. The molecule has 0 unspecified atom stereocenters. The maximum Gasteiger partial charge on any atom is 0.223 e. The summed E-state index contributed by atoms with van der Waals surface area (Å²) in [6.07, 6.45) is 2.65. The lowest BCUT2D eigenvalue weighted by atomic mass is 9.96. The highest BCUT2D eigenvalue weighted by Gasteiger charge is 2.25. The average Bonchev–Trinajstić information content (AvgIpc) is 3.10. The van der Waals surface area contributed by atoms with Crippen molar-refractivity contribution in [3.8, 4) is 0 Å². The van der Waals surface area contributed by atoms with E-state index in [1.807, 2.05) is 23.1 Å². The van der Waals surface area contributed by atoms with Crippen molar-refractivity contribution in [2.75, 3.05) is 45.8 Å². The van der Waals surface area contributed by atoms with Gasteiger partial charge in [-0.3, -0.25) is 4.79 Å². The van der Waals surface area contributed by atoms with Gasteiger partial charge in [-0.1, -0.05) is 11.6 Å². The average molecular weight is 450 g/mol. The van der Waals surface area contributed by atoms with E-state index in [0.29, 0.717) is 17.4 Å². The second-order valence-electron chi connectivity index (χ2n) is 7.16. The van der Waals surface area contributed by atoms with Crippen LogP contribution in [0, 0.1) is 0 Å². The summed E-state index contributed by atoms with van der Waals surface area (Å²) in [5.74, 6) is 1.45. The Morgan fingerprint density at radius 1 is 1.18 bits per heavy atom. The monoisotopic (exact) mass is 448 g/mol. The van der Waals surface area contributed by atoms with E-state index in [9.17, 15) is 4.79 Å². The van der Waals surface area contributed by atoms with Crippen LogP contribution >= 0.6 is 36.4 Å². The third kappa shape index (κ3) is 5.51. The summed E-state index contributed by atoms with van der Waals surface area (Å²) in [4.78, 5) is 21.3. The number of nitrogens with one attached hydrogen (secondary N) is 1. The summed E-state index contributed by atoms with van der Waals surface area (Å²) in [7, 11) is 0. The smallest absolute Gasteiger partial charge is 0.223 e. The van der Waals surface area contributed by atoms with Gasteiger partial charge in [-0.2, -0.15) is 0 Å². The van der Waals surface area contributed by atoms with Gasteiger partial charge in [0.2, 0.25) is 5.91 Å². The topological polar surface area (TPSA) is 61.6 Å². The molecule has 2 aromatic rings. The lowest BCUT2D eigenvalue weighted by molar-refractivity contribution is -0.132. The zero-order valence-electron chi connectivity index (χ0n) is 15.7. The van der Waals surface area contributed by atoms with Crippen molar-refractivity contribution in [1.29, 1.82) is 0 Å². The highest BCUT2D eigenvalue weighted by Crippen LogP contribution is 2.30. The Hall–Kier alpha value is -1.05. The van der Waals surface area contributed by atoms with Crippen molar-refractivity contribution in [3.63, 3.8) is 0 Å². The molecular weight excluding hydrogens is 423 g/mol. The lowest BCUT2D eigenvalue weighted by Crippen LogP contribution is -2.47. The molecule has 0 atom stereocenters. The zero-order chi connectivity index (χ0) is 17.9. The number of likely N-dealkylation sites (tertiary alicyclic amines) is 1. The van der Waals surface area contributed by atoms with Crippen LogP contribution in [0.25, 0.3) is 11.1 Å². The highest BCUT2D eigenvalue weighted by molar-refractivity contribution is 6.31. The fourth-order valence-corrected chi connectivity index (χ4v) is 3.99. The van der Waals surface area contributed by atoms with Gasteiger partial charge in [-0.15, -0.1) is 24.8 Å². The minimum atomic E-state index is 0. The van der Waals surface area contributed by atoms with Gasteiger partial charge in [0.15, 0.2) is 11.5 Å². The second-order valence-corrected chi connectivity index (χ2v) is 7.60. The highest BCUT2D eigenvalue weighted by atomic mass is 35.5. The van der Waals surface area contributed by atoms with E-state index in [2.05, 4.69) is 15.2 Å². The number of nitrogens with zero attached hydrogens (tertiary/aromatic N) is 3. The molecule has 156 valence electrons. The number of piperazine rings is 1. The quantitative estimate of drug-likeness (QED) is 0.776. The first-order valence-electron chi connectivity index (χ1n) is 9.46. The normalized spacial score (nSPS) is 18.5. The molecule has 2 saturated heterocycles. The molecule has 1 aromatic carbocycles. The third-order valence-corrected chi connectivity index (χ3v) is 5.65. The second kappa shape index (κ2) is 10.6. The van der Waals surface area contributed by atoms with E-state index in [-0.39, 0.29) is 30.7 Å². The van der Waals surface area contributed by atoms with Crippen LogP contribution in [-0.2, 0) is 4.79 Å². The molecule has 0 bridgehead atoms. The molecule has 0 aliphatic carbocycles. The molecule has 2 aliphatic heterocycles. The number of halogens is 3. The molecule has 0 spiro atoms. The molecule has 2 fully saturated rings. The van der Waals surface area contributed by atoms with Gasteiger partial charge in [0.25, 0.3) is 0 Å². The Labute approximate surface area is 182 Å². The molecule has 6 nitrogen and oxygen atoms in total. The molecule has 28 heavy (non-hydrogen) atoms. The Morgan fingerprint density at radius 2 is 1.89 bits per heavy atom. The fourth-order valence-electron chi connectivity index (χ4n) is 3.82. The van der Waals surface area contributed by atoms with Crippen molar-refractivity contribution >= 4 is 53.4 Å². The fraction of sp³-hybridized carbons (Fsp3) is 0.579. The van der Waals surface area contributed by atoms with Gasteiger partial charge in [0.1, 0.15) is 5.52 Å². The number of amides is 1. The maximum absolute atomic E-state index is 12.3. The van der Waals surface area contributed by atoms with Gasteiger partial charge >= 0.3 is 0 Å². The number of hydrogen-bond acceptors (Lipinski definition) is 5. The van der Waals surface area contributed by atoms with Crippen LogP contribution in [0.4, 0.5) is 0 Å². The first-order chi connectivity index (χ1) is 12.7. The van der Waals surface area contributed by atoms with Crippen LogP contribution in [0.1, 0.15) is 31.1 Å². The van der Waals surface area contributed by atoms with Crippen molar-refractivity contribution in [2.24, 2.45) is 0 Å². The minimum absolute atomic E-state index is 0. The minimum Gasteiger partial charge on any atom is -0.440 e. The summed E-state index contributed by atoms with van der Waals surface area (Å²) in [5.41, 5.74) is 1.63. The molecule has 1 aromatic heterocycles. The van der Waals surface area contributed by atoms with Gasteiger partial charge in [-0.05, 0) is 44.1 Å². The predicted octanol–water partition coefficient (Wildman–Crippen LogP) is 3.33. The standard InChI is InChI=1S/C19H25ClN4O2.2ClH/c20-15-1-2-17-16(13-15)22-19(26-17)14-3-8-23(9-4-14)10-5-18(25)24-11-6-21-7-12-24;;/h1-2,13-14,21H,3-12H2;2*1H. The molecule has 1 amide bonds. The Kier molecular flexibility index (Phi) is 8.83. The zero-order valence-corrected chi connectivity index (χ0v) is 18.1. The number of rotatable bonds is 4. The van der Waals surface area contributed by atoms with Gasteiger partial charge < -0.3 is 19.5 Å². The van der Waals surface area contributed by atoms with Crippen molar-refractivity contribution in [3.05, 3.63) is 29.1 Å². The number of benzene rings is 1. The summed E-state index contributed by atoms with van der Waals surface area (Å²) in [5, 5.41) is 3.96. The largest absolute Gasteiger partial charge is 0.440 e. The molecule has 4 rings (SSSR count). The van der Waals surface area contributed by atoms with E-state index < -0.39 is 0 Å². The number of carbonyl (C=O) groups excluding carboxylic acids is 1. The van der Waals surface area contributed by atoms with Gasteiger partial charge in [0.05, 0.1) is 0 Å². The summed E-state index contributed by atoms with van der Waals surface area (Å²) < 4.78 is 5.92. The molecule has 1 N–H and O–H groups in total. The first kappa shape index (κ1) is 23.2. The van der Waals surface area contributed by atoms with Crippen molar-refractivity contribution < 1.29 is 9.21 Å². The number of oxazole rings is 1.